The van der Waals surface area contributed by atoms with Gasteiger partial charge in [0.1, 0.15) is 10.8 Å². The molecule has 11 nitrogen and oxygen atoms in total. The van der Waals surface area contributed by atoms with Crippen molar-refractivity contribution >= 4 is 52.7 Å². The Morgan fingerprint density at radius 1 is 1.31 bits per heavy atom. The summed E-state index contributed by atoms with van der Waals surface area (Å²) < 4.78 is 10.9. The number of thiocarbonyl (C=S) groups is 1. The second kappa shape index (κ2) is 12.1. The number of carbonyl (C=O) groups excluding carboxylic acids is 2. The minimum atomic E-state index is -0.657. The number of allylic oxidation sites excluding steroid dienone is 1. The van der Waals surface area contributed by atoms with Crippen molar-refractivity contribution < 1.29 is 24.0 Å². The Labute approximate surface area is 216 Å². The summed E-state index contributed by atoms with van der Waals surface area (Å²) >= 11 is 11.0. The van der Waals surface area contributed by atoms with Crippen molar-refractivity contribution in [3.05, 3.63) is 80.0 Å². The van der Waals surface area contributed by atoms with Gasteiger partial charge in [-0.25, -0.2) is 10.2 Å². The highest BCUT2D eigenvalue weighted by Gasteiger charge is 2.32. The molecular weight excluding hydrogens is 510 g/mol. The Kier molecular flexibility index (Phi) is 8.92. The van der Waals surface area contributed by atoms with Gasteiger partial charge in [-0.2, -0.15) is 5.10 Å². The lowest BCUT2D eigenvalue weighted by Gasteiger charge is -2.30. The van der Waals surface area contributed by atoms with E-state index in [2.05, 4.69) is 21.2 Å². The normalized spacial score (nSPS) is 15.2. The summed E-state index contributed by atoms with van der Waals surface area (Å²) in [4.78, 5) is 35.3. The van der Waals surface area contributed by atoms with E-state index < -0.39 is 22.8 Å². The van der Waals surface area contributed by atoms with Crippen molar-refractivity contribution in [2.75, 3.05) is 13.2 Å². The van der Waals surface area contributed by atoms with Gasteiger partial charge in [-0.3, -0.25) is 14.9 Å². The number of hydrogen-bond acceptors (Lipinski definition) is 8. The highest BCUT2D eigenvalue weighted by Crippen LogP contribution is 2.33. The van der Waals surface area contributed by atoms with E-state index in [4.69, 9.17) is 33.3 Å². The molecule has 1 atom stereocenters. The van der Waals surface area contributed by atoms with E-state index in [1.165, 1.54) is 24.4 Å². The highest BCUT2D eigenvalue weighted by atomic mass is 35.5. The van der Waals surface area contributed by atoms with Crippen LogP contribution in [0.2, 0.25) is 5.02 Å². The largest absolute Gasteiger partial charge is 0.483 e. The second-order valence-corrected chi connectivity index (χ2v) is 8.19. The molecule has 2 aromatic carbocycles. The molecule has 1 amide bonds. The van der Waals surface area contributed by atoms with Gasteiger partial charge in [0, 0.05) is 22.9 Å². The Hall–Kier alpha value is -4.03. The zero-order chi connectivity index (χ0) is 26.2. The molecule has 1 heterocycles. The molecule has 0 bridgehead atoms. The molecule has 36 heavy (non-hydrogen) atoms. The lowest BCUT2D eigenvalue weighted by atomic mass is 9.95. The number of halogens is 1. The molecule has 188 valence electrons. The number of nitro benzene ring substituents is 1. The van der Waals surface area contributed by atoms with Crippen LogP contribution in [0.1, 0.15) is 31.0 Å². The number of amides is 1. The van der Waals surface area contributed by atoms with Crippen LogP contribution in [-0.4, -0.2) is 41.3 Å². The average Bonchev–Trinajstić information content (AvgIpc) is 2.83. The first-order valence-corrected chi connectivity index (χ1v) is 11.4. The minimum Gasteiger partial charge on any atom is -0.483 e. The Bertz CT molecular complexity index is 1270. The van der Waals surface area contributed by atoms with Crippen LogP contribution in [0.3, 0.4) is 0 Å². The first-order valence-electron chi connectivity index (χ1n) is 10.6. The van der Waals surface area contributed by atoms with Gasteiger partial charge < -0.3 is 20.1 Å². The summed E-state index contributed by atoms with van der Waals surface area (Å²) in [6.45, 7) is 3.25. The summed E-state index contributed by atoms with van der Waals surface area (Å²) in [5, 5.41) is 21.1. The van der Waals surface area contributed by atoms with Gasteiger partial charge in [0.25, 0.3) is 11.6 Å². The number of carbonyl (C=O) groups is 2. The molecule has 0 unspecified atom stereocenters. The maximum Gasteiger partial charge on any atom is 0.338 e. The van der Waals surface area contributed by atoms with Gasteiger partial charge in [0.2, 0.25) is 0 Å². The number of benzene rings is 2. The van der Waals surface area contributed by atoms with Crippen LogP contribution in [0.4, 0.5) is 5.69 Å². The van der Waals surface area contributed by atoms with Crippen molar-refractivity contribution in [2.45, 2.75) is 19.9 Å². The van der Waals surface area contributed by atoms with Crippen molar-refractivity contribution in [3.63, 3.8) is 0 Å². The third-order valence-electron chi connectivity index (χ3n) is 4.92. The molecule has 0 fully saturated rings. The predicted molar refractivity (Wildman–Crippen MR) is 137 cm³/mol. The van der Waals surface area contributed by atoms with Crippen LogP contribution < -0.4 is 20.8 Å². The predicted octanol–water partition coefficient (Wildman–Crippen LogP) is 3.13. The van der Waals surface area contributed by atoms with E-state index in [9.17, 15) is 19.7 Å². The molecule has 2 aromatic rings. The first-order chi connectivity index (χ1) is 17.2. The number of nitrogens with zero attached hydrogens (tertiary/aromatic N) is 2. The summed E-state index contributed by atoms with van der Waals surface area (Å²) in [6, 6.07) is 10.4. The van der Waals surface area contributed by atoms with Crippen LogP contribution in [-0.2, 0) is 14.3 Å². The molecule has 0 saturated carbocycles. The van der Waals surface area contributed by atoms with Gasteiger partial charge in [0.05, 0.1) is 29.4 Å². The summed E-state index contributed by atoms with van der Waals surface area (Å²) in [5.41, 5.74) is 3.86. The number of nitrogens with one attached hydrogen (secondary N) is 3. The fourth-order valence-electron chi connectivity index (χ4n) is 3.36. The quantitative estimate of drug-likeness (QED) is 0.146. The molecule has 1 aliphatic heterocycles. The molecule has 0 saturated heterocycles. The lowest BCUT2D eigenvalue weighted by molar-refractivity contribution is -0.384. The van der Waals surface area contributed by atoms with Crippen molar-refractivity contribution in [2.24, 2.45) is 5.10 Å². The molecule has 13 heteroatoms. The number of hydrazone groups is 1. The van der Waals surface area contributed by atoms with Crippen LogP contribution >= 0.6 is 23.8 Å². The zero-order valence-electron chi connectivity index (χ0n) is 19.2. The van der Waals surface area contributed by atoms with Gasteiger partial charge >= 0.3 is 5.97 Å². The van der Waals surface area contributed by atoms with Gasteiger partial charge in [-0.1, -0.05) is 35.9 Å². The number of nitro groups is 1. The Morgan fingerprint density at radius 2 is 2.06 bits per heavy atom. The van der Waals surface area contributed by atoms with E-state index in [-0.39, 0.29) is 23.9 Å². The first kappa shape index (κ1) is 26.6. The smallest absolute Gasteiger partial charge is 0.338 e. The van der Waals surface area contributed by atoms with E-state index in [0.717, 1.165) is 0 Å². The zero-order valence-corrected chi connectivity index (χ0v) is 20.8. The number of esters is 1. The van der Waals surface area contributed by atoms with Gasteiger partial charge in [-0.05, 0) is 38.2 Å². The van der Waals surface area contributed by atoms with Crippen molar-refractivity contribution in [3.8, 4) is 5.75 Å². The van der Waals surface area contributed by atoms with Crippen molar-refractivity contribution in [1.29, 1.82) is 0 Å². The van der Waals surface area contributed by atoms with Gasteiger partial charge in [0.15, 0.2) is 11.7 Å². The van der Waals surface area contributed by atoms with Gasteiger partial charge in [-0.15, -0.1) is 0 Å². The van der Waals surface area contributed by atoms with Crippen molar-refractivity contribution in [1.82, 2.24) is 16.1 Å². The lowest BCUT2D eigenvalue weighted by Crippen LogP contribution is -2.45. The second-order valence-electron chi connectivity index (χ2n) is 7.38. The van der Waals surface area contributed by atoms with Crippen LogP contribution in [0.15, 0.2) is 58.8 Å². The average molecular weight is 532 g/mol. The van der Waals surface area contributed by atoms with E-state index in [0.29, 0.717) is 33.3 Å². The van der Waals surface area contributed by atoms with Crippen LogP contribution in [0.25, 0.3) is 0 Å². The molecule has 1 aliphatic rings. The summed E-state index contributed by atoms with van der Waals surface area (Å²) in [7, 11) is 0. The third kappa shape index (κ3) is 6.55. The maximum atomic E-state index is 12.6. The number of hydrogen-bond donors (Lipinski definition) is 3. The molecule has 0 spiro atoms. The monoisotopic (exact) mass is 531 g/mol. The minimum absolute atomic E-state index is 0.00611. The van der Waals surface area contributed by atoms with E-state index >= 15 is 0 Å². The molecule has 0 radical (unpaired) electrons. The fraction of sp³-hybridized carbons (Fsp3) is 0.217. The Balaban J connectivity index is 1.70. The van der Waals surface area contributed by atoms with E-state index in [1.54, 1.807) is 38.1 Å². The van der Waals surface area contributed by atoms with Crippen LogP contribution in [0, 0.1) is 10.1 Å². The number of rotatable bonds is 9. The molecular formula is C23H22ClN5O6S. The SMILES string of the molecule is CCOC(=O)C1=C(C)NC(=S)N[C@@H]1c1ccccc1OCC(=O)NN=Cc1ccc(Cl)c([N+](=O)[O-])c1. The van der Waals surface area contributed by atoms with Crippen LogP contribution in [0.5, 0.6) is 5.75 Å². The fourth-order valence-corrected chi connectivity index (χ4v) is 3.82. The maximum absolute atomic E-state index is 12.6. The third-order valence-corrected chi connectivity index (χ3v) is 5.46. The summed E-state index contributed by atoms with van der Waals surface area (Å²) in [6.07, 6.45) is 1.24. The number of ether oxygens (including phenoxy) is 2. The standard InChI is InChI=1S/C23H22ClN5O6S/c1-3-34-22(31)20-13(2)26-23(36)27-21(20)15-6-4-5-7-18(15)35-12-19(30)28-25-11-14-8-9-16(24)17(10-14)29(32)33/h4-11,21H,3,12H2,1-2H3,(H,28,30)(H2,26,27,36)/t21-/m1/s1. The molecule has 3 rings (SSSR count). The molecule has 0 aromatic heterocycles. The topological polar surface area (TPSA) is 144 Å². The number of para-hydroxylation sites is 1. The summed E-state index contributed by atoms with van der Waals surface area (Å²) in [5.74, 6) is -0.732. The molecule has 0 aliphatic carbocycles. The Morgan fingerprint density at radius 3 is 2.78 bits per heavy atom. The highest BCUT2D eigenvalue weighted by molar-refractivity contribution is 7.80. The molecule has 3 N–H and O–H groups in total. The van der Waals surface area contributed by atoms with E-state index in [1.807, 2.05) is 0 Å².